The lowest BCUT2D eigenvalue weighted by atomic mass is 9.96. The first-order valence-corrected chi connectivity index (χ1v) is 11.1. The first-order chi connectivity index (χ1) is 14.6. The number of aromatic nitrogens is 4. The van der Waals surface area contributed by atoms with E-state index >= 15 is 0 Å². The Morgan fingerprint density at radius 3 is 2.90 bits per heavy atom. The van der Waals surface area contributed by atoms with Crippen molar-refractivity contribution in [3.8, 4) is 11.5 Å². The fraction of sp³-hybridized carbons (Fsp3) is 0.364. The Morgan fingerprint density at radius 1 is 1.27 bits per heavy atom. The Balaban J connectivity index is 1.54. The lowest BCUT2D eigenvalue weighted by molar-refractivity contribution is -0.116. The first-order valence-electron chi connectivity index (χ1n) is 10.2. The predicted molar refractivity (Wildman–Crippen MR) is 116 cm³/mol. The molecule has 0 N–H and O–H groups in total. The summed E-state index contributed by atoms with van der Waals surface area (Å²) in [4.78, 5) is 19.3. The number of hydrogen-bond donors (Lipinski definition) is 0. The van der Waals surface area contributed by atoms with Gasteiger partial charge in [0.15, 0.2) is 11.0 Å². The third-order valence-corrected chi connectivity index (χ3v) is 6.18. The van der Waals surface area contributed by atoms with Gasteiger partial charge >= 0.3 is 0 Å². The van der Waals surface area contributed by atoms with Gasteiger partial charge < -0.3 is 9.47 Å². The average molecular weight is 426 g/mol. The number of pyridine rings is 1. The largest absolute Gasteiger partial charge is 0.309 e. The minimum atomic E-state index is -0.264. The molecule has 0 unspecified atom stereocenters. The van der Waals surface area contributed by atoms with E-state index in [9.17, 15) is 9.18 Å². The molecular weight excluding hydrogens is 401 g/mol. The molecule has 1 aliphatic heterocycles. The molecule has 0 radical (unpaired) electrons. The molecule has 3 heterocycles. The molecule has 0 bridgehead atoms. The molecule has 30 heavy (non-hydrogen) atoms. The van der Waals surface area contributed by atoms with Crippen LogP contribution in [-0.4, -0.2) is 37.5 Å². The van der Waals surface area contributed by atoms with Gasteiger partial charge in [-0.1, -0.05) is 24.8 Å². The SMILES string of the molecule is CCCn1c(SCC(=O)N2c3ccc(F)cc3CC[C@@H]2C)nnc1-c1ccccn1. The van der Waals surface area contributed by atoms with Gasteiger partial charge in [-0.25, -0.2) is 4.39 Å². The number of rotatable bonds is 6. The zero-order chi connectivity index (χ0) is 21.1. The van der Waals surface area contributed by atoms with Crippen LogP contribution in [0.15, 0.2) is 47.8 Å². The van der Waals surface area contributed by atoms with Crippen molar-refractivity contribution >= 4 is 23.4 Å². The number of halogens is 1. The fourth-order valence-corrected chi connectivity index (χ4v) is 4.63. The van der Waals surface area contributed by atoms with Gasteiger partial charge in [0.25, 0.3) is 0 Å². The lowest BCUT2D eigenvalue weighted by Crippen LogP contribution is -2.43. The second-order valence-electron chi connectivity index (χ2n) is 7.39. The molecule has 1 aliphatic rings. The third kappa shape index (κ3) is 4.09. The van der Waals surface area contributed by atoms with Crippen LogP contribution in [0.4, 0.5) is 10.1 Å². The summed E-state index contributed by atoms with van der Waals surface area (Å²) in [5.41, 5.74) is 2.46. The number of anilines is 1. The van der Waals surface area contributed by atoms with Crippen LogP contribution >= 0.6 is 11.8 Å². The Hall–Kier alpha value is -2.74. The highest BCUT2D eigenvalue weighted by Crippen LogP contribution is 2.32. The zero-order valence-corrected chi connectivity index (χ0v) is 17.9. The van der Waals surface area contributed by atoms with E-state index in [0.717, 1.165) is 42.8 Å². The minimum Gasteiger partial charge on any atom is -0.309 e. The van der Waals surface area contributed by atoms with Gasteiger partial charge in [-0.15, -0.1) is 10.2 Å². The molecule has 3 aromatic rings. The summed E-state index contributed by atoms with van der Waals surface area (Å²) >= 11 is 1.38. The van der Waals surface area contributed by atoms with E-state index in [1.54, 1.807) is 17.2 Å². The monoisotopic (exact) mass is 425 g/mol. The summed E-state index contributed by atoms with van der Waals surface area (Å²) in [7, 11) is 0. The molecule has 1 amide bonds. The first kappa shape index (κ1) is 20.5. The van der Waals surface area contributed by atoms with Crippen LogP contribution in [0.5, 0.6) is 0 Å². The quantitative estimate of drug-likeness (QED) is 0.550. The molecule has 4 rings (SSSR count). The number of fused-ring (bicyclic) bond motifs is 1. The number of thioether (sulfide) groups is 1. The van der Waals surface area contributed by atoms with Crippen LogP contribution in [0.2, 0.25) is 0 Å². The highest BCUT2D eigenvalue weighted by atomic mass is 32.2. The number of aryl methyl sites for hydroxylation is 1. The molecule has 0 saturated heterocycles. The normalized spacial score (nSPS) is 15.8. The smallest absolute Gasteiger partial charge is 0.237 e. The van der Waals surface area contributed by atoms with Crippen LogP contribution < -0.4 is 4.90 Å². The van der Waals surface area contributed by atoms with E-state index < -0.39 is 0 Å². The number of carbonyl (C=O) groups is 1. The maximum absolute atomic E-state index is 13.6. The van der Waals surface area contributed by atoms with Crippen LogP contribution in [0.1, 0.15) is 32.3 Å². The molecule has 0 spiro atoms. The van der Waals surface area contributed by atoms with E-state index in [4.69, 9.17) is 0 Å². The summed E-state index contributed by atoms with van der Waals surface area (Å²) in [5.74, 6) is 0.676. The Labute approximate surface area is 179 Å². The van der Waals surface area contributed by atoms with Crippen molar-refractivity contribution in [2.24, 2.45) is 0 Å². The Morgan fingerprint density at radius 2 is 2.13 bits per heavy atom. The molecule has 8 heteroatoms. The van der Waals surface area contributed by atoms with Crippen molar-refractivity contribution in [2.45, 2.75) is 50.9 Å². The van der Waals surface area contributed by atoms with E-state index in [1.807, 2.05) is 29.7 Å². The third-order valence-electron chi connectivity index (χ3n) is 5.22. The number of nitrogens with zero attached hydrogens (tertiary/aromatic N) is 5. The maximum Gasteiger partial charge on any atom is 0.237 e. The van der Waals surface area contributed by atoms with Gasteiger partial charge in [-0.2, -0.15) is 0 Å². The van der Waals surface area contributed by atoms with Gasteiger partial charge in [0.1, 0.15) is 11.5 Å². The molecule has 1 atom stereocenters. The highest BCUT2D eigenvalue weighted by molar-refractivity contribution is 7.99. The van der Waals surface area contributed by atoms with E-state index in [1.165, 1.54) is 23.9 Å². The second kappa shape index (κ2) is 8.95. The van der Waals surface area contributed by atoms with Crippen LogP contribution in [0.25, 0.3) is 11.5 Å². The summed E-state index contributed by atoms with van der Waals surface area (Å²) in [6.07, 6.45) is 4.25. The van der Waals surface area contributed by atoms with Crippen molar-refractivity contribution in [1.29, 1.82) is 0 Å². The number of carbonyl (C=O) groups excluding carboxylic acids is 1. The fourth-order valence-electron chi connectivity index (χ4n) is 3.80. The predicted octanol–water partition coefficient (Wildman–Crippen LogP) is 4.35. The van der Waals surface area contributed by atoms with Crippen molar-refractivity contribution in [3.05, 3.63) is 54.0 Å². The zero-order valence-electron chi connectivity index (χ0n) is 17.1. The number of amides is 1. The van der Waals surface area contributed by atoms with Crippen molar-refractivity contribution < 1.29 is 9.18 Å². The minimum absolute atomic E-state index is 0.00880. The standard InChI is InChI=1S/C22H24FN5OS/c1-3-12-27-21(18-6-4-5-11-24-18)25-26-22(27)30-14-20(29)28-15(2)7-8-16-13-17(23)9-10-19(16)28/h4-6,9-11,13,15H,3,7-8,12,14H2,1-2H3/t15-/m0/s1. The molecule has 2 aromatic heterocycles. The van der Waals surface area contributed by atoms with Crippen LogP contribution in [0.3, 0.4) is 0 Å². The topological polar surface area (TPSA) is 63.9 Å². The molecule has 0 aliphatic carbocycles. The van der Waals surface area contributed by atoms with E-state index in [-0.39, 0.29) is 23.5 Å². The van der Waals surface area contributed by atoms with E-state index in [0.29, 0.717) is 11.0 Å². The number of benzene rings is 1. The molecule has 0 saturated carbocycles. The average Bonchev–Trinajstić information content (AvgIpc) is 3.15. The van der Waals surface area contributed by atoms with Crippen molar-refractivity contribution in [1.82, 2.24) is 19.7 Å². The van der Waals surface area contributed by atoms with Gasteiger partial charge in [0.2, 0.25) is 5.91 Å². The molecular formula is C22H24FN5OS. The number of hydrogen-bond acceptors (Lipinski definition) is 5. The second-order valence-corrected chi connectivity index (χ2v) is 8.33. The van der Waals surface area contributed by atoms with Crippen LogP contribution in [-0.2, 0) is 17.8 Å². The molecule has 6 nitrogen and oxygen atoms in total. The Bertz CT molecular complexity index is 1040. The Kier molecular flexibility index (Phi) is 6.13. The van der Waals surface area contributed by atoms with Gasteiger partial charge in [-0.3, -0.25) is 9.78 Å². The van der Waals surface area contributed by atoms with Gasteiger partial charge in [0, 0.05) is 24.5 Å². The molecule has 156 valence electrons. The molecule has 1 aromatic carbocycles. The summed E-state index contributed by atoms with van der Waals surface area (Å²) in [6, 6.07) is 10.4. The molecule has 0 fully saturated rings. The van der Waals surface area contributed by atoms with E-state index in [2.05, 4.69) is 22.1 Å². The lowest BCUT2D eigenvalue weighted by Gasteiger charge is -2.35. The summed E-state index contributed by atoms with van der Waals surface area (Å²) in [6.45, 7) is 4.87. The van der Waals surface area contributed by atoms with Gasteiger partial charge in [-0.05, 0) is 62.1 Å². The van der Waals surface area contributed by atoms with Crippen molar-refractivity contribution in [2.75, 3.05) is 10.7 Å². The summed E-state index contributed by atoms with van der Waals surface area (Å²) in [5, 5.41) is 9.34. The highest BCUT2D eigenvalue weighted by Gasteiger charge is 2.29. The summed E-state index contributed by atoms with van der Waals surface area (Å²) < 4.78 is 15.6. The maximum atomic E-state index is 13.6. The van der Waals surface area contributed by atoms with Crippen molar-refractivity contribution in [3.63, 3.8) is 0 Å². The van der Waals surface area contributed by atoms with Crippen LogP contribution in [0, 0.1) is 5.82 Å². The van der Waals surface area contributed by atoms with Gasteiger partial charge in [0.05, 0.1) is 5.75 Å².